The quantitative estimate of drug-likeness (QED) is 0.355. The van der Waals surface area contributed by atoms with Crippen LogP contribution < -0.4 is 11.2 Å². The topological polar surface area (TPSA) is 79.2 Å². The molecule has 4 N–H and O–H groups in total. The van der Waals surface area contributed by atoms with Gasteiger partial charge in [-0.2, -0.15) is 5.10 Å². The van der Waals surface area contributed by atoms with Crippen molar-refractivity contribution in [2.24, 2.45) is 23.8 Å². The molecule has 1 heterocycles. The summed E-state index contributed by atoms with van der Waals surface area (Å²) in [6, 6.07) is 19.0. The SMILES string of the molecule is Cn1c(-c2ccccc2)c(/C(=N/NC(=N)N)C2CCCCC2)c2ccccc21. The van der Waals surface area contributed by atoms with E-state index in [-0.39, 0.29) is 5.96 Å². The molecule has 1 aliphatic carbocycles. The van der Waals surface area contributed by atoms with Gasteiger partial charge in [0, 0.05) is 29.4 Å². The van der Waals surface area contributed by atoms with Crippen LogP contribution in [0.5, 0.6) is 0 Å². The van der Waals surface area contributed by atoms with Gasteiger partial charge in [-0.15, -0.1) is 0 Å². The van der Waals surface area contributed by atoms with Crippen LogP contribution in [-0.2, 0) is 7.05 Å². The molecule has 4 rings (SSSR count). The average Bonchev–Trinajstić information content (AvgIpc) is 3.02. The van der Waals surface area contributed by atoms with Gasteiger partial charge in [-0.1, -0.05) is 67.8 Å². The molecule has 0 radical (unpaired) electrons. The summed E-state index contributed by atoms with van der Waals surface area (Å²) in [4.78, 5) is 0. The maximum atomic E-state index is 7.60. The molecule has 0 unspecified atom stereocenters. The van der Waals surface area contributed by atoms with Crippen molar-refractivity contribution in [2.75, 3.05) is 0 Å². The van der Waals surface area contributed by atoms with Crippen molar-refractivity contribution in [3.63, 3.8) is 0 Å². The molecule has 0 bridgehead atoms. The molecular formula is C23H27N5. The van der Waals surface area contributed by atoms with Gasteiger partial charge in [0.05, 0.1) is 11.4 Å². The minimum atomic E-state index is -0.130. The zero-order valence-electron chi connectivity index (χ0n) is 16.3. The average molecular weight is 374 g/mol. The highest BCUT2D eigenvalue weighted by atomic mass is 15.3. The molecule has 0 saturated heterocycles. The number of hydrogen-bond acceptors (Lipinski definition) is 2. The molecule has 1 saturated carbocycles. The van der Waals surface area contributed by atoms with E-state index < -0.39 is 0 Å². The van der Waals surface area contributed by atoms with Crippen LogP contribution in [0.4, 0.5) is 0 Å². The van der Waals surface area contributed by atoms with Crippen molar-refractivity contribution in [1.82, 2.24) is 9.99 Å². The summed E-state index contributed by atoms with van der Waals surface area (Å²) in [6.07, 6.45) is 5.96. The molecule has 0 spiro atoms. The Bertz CT molecular complexity index is 1010. The highest BCUT2D eigenvalue weighted by Crippen LogP contribution is 2.37. The van der Waals surface area contributed by atoms with Gasteiger partial charge in [-0.25, -0.2) is 5.43 Å². The van der Waals surface area contributed by atoms with Crippen molar-refractivity contribution in [1.29, 1.82) is 5.41 Å². The van der Waals surface area contributed by atoms with Crippen LogP contribution in [0.3, 0.4) is 0 Å². The number of rotatable bonds is 4. The Morgan fingerprint density at radius 2 is 1.71 bits per heavy atom. The van der Waals surface area contributed by atoms with E-state index in [4.69, 9.17) is 11.1 Å². The first kappa shape index (κ1) is 18.3. The van der Waals surface area contributed by atoms with E-state index in [0.717, 1.165) is 29.8 Å². The number of hydrogen-bond donors (Lipinski definition) is 3. The third kappa shape index (κ3) is 3.40. The lowest BCUT2D eigenvalue weighted by molar-refractivity contribution is 0.439. The van der Waals surface area contributed by atoms with E-state index in [2.05, 4.69) is 70.7 Å². The second-order valence-electron chi connectivity index (χ2n) is 7.52. The number of benzene rings is 2. The summed E-state index contributed by atoms with van der Waals surface area (Å²) in [5.74, 6) is 0.240. The minimum Gasteiger partial charge on any atom is -0.369 e. The van der Waals surface area contributed by atoms with Crippen molar-refractivity contribution in [3.8, 4) is 11.3 Å². The number of hydrazone groups is 1. The fourth-order valence-electron chi connectivity index (χ4n) is 4.43. The Morgan fingerprint density at radius 3 is 2.43 bits per heavy atom. The highest BCUT2D eigenvalue weighted by molar-refractivity contribution is 6.17. The predicted octanol–water partition coefficient (Wildman–Crippen LogP) is 4.61. The second kappa shape index (κ2) is 7.89. The van der Waals surface area contributed by atoms with Crippen LogP contribution in [0.15, 0.2) is 59.7 Å². The number of nitrogens with zero attached hydrogens (tertiary/aromatic N) is 2. The predicted molar refractivity (Wildman–Crippen MR) is 117 cm³/mol. The van der Waals surface area contributed by atoms with Crippen LogP contribution in [0.1, 0.15) is 37.7 Å². The number of aromatic nitrogens is 1. The van der Waals surface area contributed by atoms with E-state index in [1.54, 1.807) is 0 Å². The number of fused-ring (bicyclic) bond motifs is 1. The molecule has 28 heavy (non-hydrogen) atoms. The Balaban J connectivity index is 1.98. The molecule has 0 aliphatic heterocycles. The largest absolute Gasteiger partial charge is 0.369 e. The zero-order chi connectivity index (χ0) is 19.5. The zero-order valence-corrected chi connectivity index (χ0v) is 16.3. The van der Waals surface area contributed by atoms with Crippen LogP contribution >= 0.6 is 0 Å². The molecule has 144 valence electrons. The Labute approximate surface area is 165 Å². The van der Waals surface area contributed by atoms with Gasteiger partial charge in [-0.3, -0.25) is 5.41 Å². The Kier molecular flexibility index (Phi) is 5.15. The monoisotopic (exact) mass is 373 g/mol. The second-order valence-corrected chi connectivity index (χ2v) is 7.52. The summed E-state index contributed by atoms with van der Waals surface area (Å²) >= 11 is 0. The summed E-state index contributed by atoms with van der Waals surface area (Å²) < 4.78 is 2.26. The van der Waals surface area contributed by atoms with Gasteiger partial charge in [0.2, 0.25) is 5.96 Å². The maximum absolute atomic E-state index is 7.60. The van der Waals surface area contributed by atoms with E-state index >= 15 is 0 Å². The first-order chi connectivity index (χ1) is 13.7. The third-order valence-corrected chi connectivity index (χ3v) is 5.70. The molecule has 0 amide bonds. The lowest BCUT2D eigenvalue weighted by Gasteiger charge is -2.24. The smallest absolute Gasteiger partial charge is 0.206 e. The maximum Gasteiger partial charge on any atom is 0.206 e. The molecule has 2 aromatic carbocycles. The van der Waals surface area contributed by atoms with Gasteiger partial charge >= 0.3 is 0 Å². The van der Waals surface area contributed by atoms with Gasteiger partial charge < -0.3 is 10.3 Å². The molecule has 1 fully saturated rings. The van der Waals surface area contributed by atoms with Gasteiger partial charge in [-0.05, 0) is 24.5 Å². The fraction of sp³-hybridized carbons (Fsp3) is 0.304. The van der Waals surface area contributed by atoms with E-state index in [1.807, 2.05) is 6.07 Å². The minimum absolute atomic E-state index is 0.130. The van der Waals surface area contributed by atoms with Gasteiger partial charge in [0.1, 0.15) is 0 Å². The first-order valence-electron chi connectivity index (χ1n) is 9.97. The van der Waals surface area contributed by atoms with Gasteiger partial charge in [0.25, 0.3) is 0 Å². The molecule has 1 aromatic heterocycles. The third-order valence-electron chi connectivity index (χ3n) is 5.70. The molecule has 5 heteroatoms. The van der Waals surface area contributed by atoms with Crippen LogP contribution in [-0.4, -0.2) is 16.2 Å². The molecule has 5 nitrogen and oxygen atoms in total. The Hall–Kier alpha value is -3.08. The van der Waals surface area contributed by atoms with Crippen LogP contribution in [0.2, 0.25) is 0 Å². The summed E-state index contributed by atoms with van der Waals surface area (Å²) in [6.45, 7) is 0. The van der Waals surface area contributed by atoms with E-state index in [0.29, 0.717) is 5.92 Å². The van der Waals surface area contributed by atoms with E-state index in [1.165, 1.54) is 35.7 Å². The molecule has 3 aromatic rings. The number of nitrogens with two attached hydrogens (primary N) is 1. The summed E-state index contributed by atoms with van der Waals surface area (Å²) in [5.41, 5.74) is 14.0. The van der Waals surface area contributed by atoms with Crippen molar-refractivity contribution < 1.29 is 0 Å². The summed E-state index contributed by atoms with van der Waals surface area (Å²) in [7, 11) is 2.12. The lowest BCUT2D eigenvalue weighted by Crippen LogP contribution is -2.29. The number of aryl methyl sites for hydroxylation is 1. The van der Waals surface area contributed by atoms with Crippen molar-refractivity contribution in [2.45, 2.75) is 32.1 Å². The van der Waals surface area contributed by atoms with Crippen molar-refractivity contribution >= 4 is 22.6 Å². The normalized spacial score (nSPS) is 15.7. The number of guanidine groups is 1. The summed E-state index contributed by atoms with van der Waals surface area (Å²) in [5, 5.41) is 13.5. The van der Waals surface area contributed by atoms with Crippen LogP contribution in [0.25, 0.3) is 22.2 Å². The van der Waals surface area contributed by atoms with E-state index in [9.17, 15) is 0 Å². The first-order valence-corrected chi connectivity index (χ1v) is 9.97. The van der Waals surface area contributed by atoms with Gasteiger partial charge in [0.15, 0.2) is 0 Å². The number of para-hydroxylation sites is 1. The number of nitrogens with one attached hydrogen (secondary N) is 2. The molecule has 0 atom stereocenters. The highest BCUT2D eigenvalue weighted by Gasteiger charge is 2.27. The fourth-order valence-corrected chi connectivity index (χ4v) is 4.43. The van der Waals surface area contributed by atoms with Crippen LogP contribution in [0, 0.1) is 11.3 Å². The lowest BCUT2D eigenvalue weighted by atomic mass is 9.82. The molecular weight excluding hydrogens is 346 g/mol. The standard InChI is InChI=1S/C23H27N5/c1-28-19-15-9-8-14-18(19)20(22(28)17-12-6-3-7-13-17)21(26-27-23(24)25)16-10-4-2-5-11-16/h3,6-9,12-16H,2,4-5,10-11H2,1H3,(H4,24,25,27)/b26-21+. The molecule has 1 aliphatic rings. The Morgan fingerprint density at radius 1 is 1.04 bits per heavy atom. The van der Waals surface area contributed by atoms with Crippen molar-refractivity contribution in [3.05, 3.63) is 60.2 Å².